The van der Waals surface area contributed by atoms with E-state index in [0.717, 1.165) is 5.82 Å². The van der Waals surface area contributed by atoms with Crippen molar-refractivity contribution in [3.05, 3.63) is 18.2 Å². The van der Waals surface area contributed by atoms with Crippen molar-refractivity contribution in [2.45, 2.75) is 24.9 Å². The molecule has 0 aromatic carbocycles. The van der Waals surface area contributed by atoms with Gasteiger partial charge < -0.3 is 20.8 Å². The van der Waals surface area contributed by atoms with Crippen LogP contribution in [-0.4, -0.2) is 34.6 Å². The SMILES string of the molecule is NC1(C(=O)NCc2ncc[nH]2)CCOCC1. The summed E-state index contributed by atoms with van der Waals surface area (Å²) in [7, 11) is 0. The predicted octanol–water partition coefficient (Wildman–Crippen LogP) is -0.466. The first-order valence-electron chi connectivity index (χ1n) is 5.34. The van der Waals surface area contributed by atoms with Crippen LogP contribution in [0.25, 0.3) is 0 Å². The zero-order valence-corrected chi connectivity index (χ0v) is 9.03. The van der Waals surface area contributed by atoms with Gasteiger partial charge in [-0.25, -0.2) is 4.98 Å². The maximum Gasteiger partial charge on any atom is 0.240 e. The Morgan fingerprint density at radius 3 is 3.00 bits per heavy atom. The van der Waals surface area contributed by atoms with Crippen molar-refractivity contribution in [2.75, 3.05) is 13.2 Å². The lowest BCUT2D eigenvalue weighted by molar-refractivity contribution is -0.129. The van der Waals surface area contributed by atoms with Crippen LogP contribution in [0.2, 0.25) is 0 Å². The van der Waals surface area contributed by atoms with E-state index >= 15 is 0 Å². The van der Waals surface area contributed by atoms with Crippen LogP contribution in [0.4, 0.5) is 0 Å². The minimum absolute atomic E-state index is 0.132. The van der Waals surface area contributed by atoms with Gasteiger partial charge in [0.15, 0.2) is 0 Å². The zero-order chi connectivity index (χ0) is 11.4. The minimum Gasteiger partial charge on any atom is -0.381 e. The lowest BCUT2D eigenvalue weighted by Crippen LogP contribution is -2.56. The molecule has 6 nitrogen and oxygen atoms in total. The first-order chi connectivity index (χ1) is 7.71. The minimum atomic E-state index is -0.787. The normalized spacial score (nSPS) is 19.3. The standard InChI is InChI=1S/C10H16N4O2/c11-10(1-5-16-6-2-10)9(15)14-7-8-12-3-4-13-8/h3-4H,1-2,5-7,11H2,(H,12,13)(H,14,15). The Morgan fingerprint density at radius 2 is 2.38 bits per heavy atom. The number of nitrogens with zero attached hydrogens (tertiary/aromatic N) is 1. The first-order valence-corrected chi connectivity index (χ1v) is 5.34. The number of carbonyl (C=O) groups excluding carboxylic acids is 1. The molecule has 1 saturated heterocycles. The number of hydrogen-bond donors (Lipinski definition) is 3. The highest BCUT2D eigenvalue weighted by Gasteiger charge is 2.35. The third kappa shape index (κ3) is 2.40. The lowest BCUT2D eigenvalue weighted by atomic mass is 9.90. The van der Waals surface area contributed by atoms with Crippen LogP contribution in [0.1, 0.15) is 18.7 Å². The van der Waals surface area contributed by atoms with Gasteiger partial charge in [-0.1, -0.05) is 0 Å². The zero-order valence-electron chi connectivity index (χ0n) is 9.03. The summed E-state index contributed by atoms with van der Waals surface area (Å²) in [6.45, 7) is 1.47. The van der Waals surface area contributed by atoms with E-state index in [0.29, 0.717) is 32.6 Å². The van der Waals surface area contributed by atoms with E-state index < -0.39 is 5.54 Å². The molecule has 1 fully saturated rings. The van der Waals surface area contributed by atoms with Crippen molar-refractivity contribution in [2.24, 2.45) is 5.73 Å². The van der Waals surface area contributed by atoms with Crippen LogP contribution >= 0.6 is 0 Å². The van der Waals surface area contributed by atoms with E-state index in [1.54, 1.807) is 12.4 Å². The predicted molar refractivity (Wildman–Crippen MR) is 57.4 cm³/mol. The van der Waals surface area contributed by atoms with Crippen molar-refractivity contribution in [1.82, 2.24) is 15.3 Å². The molecule has 0 radical (unpaired) electrons. The van der Waals surface area contributed by atoms with Crippen molar-refractivity contribution < 1.29 is 9.53 Å². The molecule has 0 atom stereocenters. The third-order valence-electron chi connectivity index (χ3n) is 2.81. The van der Waals surface area contributed by atoms with Gasteiger partial charge in [-0.15, -0.1) is 0 Å². The van der Waals surface area contributed by atoms with Crippen LogP contribution in [0.3, 0.4) is 0 Å². The Hall–Kier alpha value is -1.40. The fraction of sp³-hybridized carbons (Fsp3) is 0.600. The molecule has 88 valence electrons. The maximum atomic E-state index is 11.9. The number of ether oxygens (including phenoxy) is 1. The summed E-state index contributed by atoms with van der Waals surface area (Å²) in [4.78, 5) is 18.8. The average Bonchev–Trinajstić information content (AvgIpc) is 2.79. The van der Waals surface area contributed by atoms with Gasteiger partial charge in [0.1, 0.15) is 5.82 Å². The molecular weight excluding hydrogens is 208 g/mol. The Morgan fingerprint density at radius 1 is 1.62 bits per heavy atom. The molecule has 1 amide bonds. The van der Waals surface area contributed by atoms with Crippen LogP contribution in [-0.2, 0) is 16.1 Å². The molecule has 0 saturated carbocycles. The van der Waals surface area contributed by atoms with E-state index in [-0.39, 0.29) is 5.91 Å². The van der Waals surface area contributed by atoms with Crippen molar-refractivity contribution in [1.29, 1.82) is 0 Å². The van der Waals surface area contributed by atoms with Crippen molar-refractivity contribution in [3.63, 3.8) is 0 Å². The van der Waals surface area contributed by atoms with E-state index in [9.17, 15) is 4.79 Å². The molecular formula is C10H16N4O2. The van der Waals surface area contributed by atoms with Crippen LogP contribution in [0.15, 0.2) is 12.4 Å². The summed E-state index contributed by atoms with van der Waals surface area (Å²) in [5.74, 6) is 0.594. The van der Waals surface area contributed by atoms with E-state index in [2.05, 4.69) is 15.3 Å². The fourth-order valence-corrected chi connectivity index (χ4v) is 1.70. The number of nitrogens with two attached hydrogens (primary N) is 1. The number of amides is 1. The fourth-order valence-electron chi connectivity index (χ4n) is 1.70. The highest BCUT2D eigenvalue weighted by molar-refractivity contribution is 5.86. The van der Waals surface area contributed by atoms with Gasteiger partial charge >= 0.3 is 0 Å². The van der Waals surface area contributed by atoms with Gasteiger partial charge in [-0.05, 0) is 12.8 Å². The summed E-state index contributed by atoms with van der Waals surface area (Å²) in [5.41, 5.74) is 5.23. The topological polar surface area (TPSA) is 93.0 Å². The molecule has 1 aliphatic rings. The number of H-pyrrole nitrogens is 1. The molecule has 1 aliphatic heterocycles. The molecule has 2 rings (SSSR count). The summed E-state index contributed by atoms with van der Waals surface area (Å²) in [6, 6.07) is 0. The summed E-state index contributed by atoms with van der Waals surface area (Å²) >= 11 is 0. The van der Waals surface area contributed by atoms with Gasteiger partial charge in [-0.3, -0.25) is 4.79 Å². The lowest BCUT2D eigenvalue weighted by Gasteiger charge is -2.31. The molecule has 0 bridgehead atoms. The van der Waals surface area contributed by atoms with E-state index in [1.165, 1.54) is 0 Å². The highest BCUT2D eigenvalue weighted by Crippen LogP contribution is 2.17. The molecule has 2 heterocycles. The molecule has 0 unspecified atom stereocenters. The molecule has 1 aromatic heterocycles. The van der Waals surface area contributed by atoms with E-state index in [4.69, 9.17) is 10.5 Å². The van der Waals surface area contributed by atoms with Gasteiger partial charge in [0.05, 0.1) is 12.1 Å². The summed E-state index contributed by atoms with van der Waals surface area (Å²) < 4.78 is 5.19. The molecule has 0 aliphatic carbocycles. The number of nitrogens with one attached hydrogen (secondary N) is 2. The van der Waals surface area contributed by atoms with E-state index in [1.807, 2.05) is 0 Å². The highest BCUT2D eigenvalue weighted by atomic mass is 16.5. The quantitative estimate of drug-likeness (QED) is 0.647. The van der Waals surface area contributed by atoms with Gasteiger partial charge in [-0.2, -0.15) is 0 Å². The van der Waals surface area contributed by atoms with Crippen LogP contribution in [0.5, 0.6) is 0 Å². The van der Waals surface area contributed by atoms with Gasteiger partial charge in [0.2, 0.25) is 5.91 Å². The Balaban J connectivity index is 1.87. The van der Waals surface area contributed by atoms with Crippen LogP contribution in [0, 0.1) is 0 Å². The number of aromatic amines is 1. The maximum absolute atomic E-state index is 11.9. The molecule has 6 heteroatoms. The number of hydrogen-bond acceptors (Lipinski definition) is 4. The third-order valence-corrected chi connectivity index (χ3v) is 2.81. The number of rotatable bonds is 3. The molecule has 0 spiro atoms. The molecule has 1 aromatic rings. The number of aromatic nitrogens is 2. The summed E-state index contributed by atoms with van der Waals surface area (Å²) in [5, 5.41) is 2.78. The Bertz CT molecular complexity index is 344. The Labute approximate surface area is 93.6 Å². The molecule has 4 N–H and O–H groups in total. The van der Waals surface area contributed by atoms with Crippen LogP contribution < -0.4 is 11.1 Å². The second-order valence-electron chi connectivity index (χ2n) is 3.99. The van der Waals surface area contributed by atoms with Gasteiger partial charge in [0.25, 0.3) is 0 Å². The monoisotopic (exact) mass is 224 g/mol. The molecule has 16 heavy (non-hydrogen) atoms. The van der Waals surface area contributed by atoms with Gasteiger partial charge in [0, 0.05) is 25.6 Å². The van der Waals surface area contributed by atoms with Crippen molar-refractivity contribution >= 4 is 5.91 Å². The second-order valence-corrected chi connectivity index (χ2v) is 3.99. The van der Waals surface area contributed by atoms with Crippen molar-refractivity contribution in [3.8, 4) is 0 Å². The second kappa shape index (κ2) is 4.63. The number of imidazole rings is 1. The average molecular weight is 224 g/mol. The smallest absolute Gasteiger partial charge is 0.240 e. The first kappa shape index (κ1) is 11.1. The largest absolute Gasteiger partial charge is 0.381 e. The Kier molecular flexibility index (Phi) is 3.21. The summed E-state index contributed by atoms with van der Waals surface area (Å²) in [6.07, 6.45) is 4.50. The number of carbonyl (C=O) groups is 1.